The van der Waals surface area contributed by atoms with Gasteiger partial charge < -0.3 is 43.7 Å². The number of cyclic esters (lactones) is 1. The highest BCUT2D eigenvalue weighted by Gasteiger charge is 2.56. The van der Waals surface area contributed by atoms with Gasteiger partial charge in [0.05, 0.1) is 30.3 Å². The van der Waals surface area contributed by atoms with E-state index < -0.39 is 83.4 Å². The fraction of sp³-hybridized carbons (Fsp3) is 0.707. The number of amides is 1. The molecule has 13 nitrogen and oxygen atoms in total. The van der Waals surface area contributed by atoms with E-state index >= 15 is 0 Å². The topological polar surface area (TPSA) is 159 Å². The molecule has 1 amide bonds. The summed E-state index contributed by atoms with van der Waals surface area (Å²) in [5.41, 5.74) is -0.832. The molecule has 0 aliphatic carbocycles. The fourth-order valence-corrected chi connectivity index (χ4v) is 8.66. The largest absolute Gasteiger partial charge is 0.461 e. The number of benzene rings is 1. The summed E-state index contributed by atoms with van der Waals surface area (Å²) in [4.78, 5) is 55.9. The molecule has 3 aliphatic heterocycles. The number of carbonyl (C=O) groups excluding carboxylic acids is 4. The minimum absolute atomic E-state index is 0.0396. The SMILES string of the molecule is CC[C@H]1OC(=O)[C@H](C)C(=O)[C@H](C)[C@@H](OC2O[C@H](C)C[C@H](N(C)C)[C@H]2O)[C@](C)(OC)C[C@@H](C)/C(=C\COC(=O)Cc2ccccc2)[C@H](C)[C@@H]2NC(=O)O[C@]12C. The number of ketones is 1. The molecule has 1 aromatic carbocycles. The average molecular weight is 759 g/mol. The lowest BCUT2D eigenvalue weighted by Crippen LogP contribution is -2.59. The molecular weight excluding hydrogens is 696 g/mol. The molecule has 13 atom stereocenters. The van der Waals surface area contributed by atoms with Gasteiger partial charge in [-0.3, -0.25) is 14.4 Å². The molecule has 302 valence electrons. The minimum Gasteiger partial charge on any atom is -0.461 e. The number of aliphatic hydroxyl groups excluding tert-OH is 1. The second kappa shape index (κ2) is 18.1. The molecule has 3 fully saturated rings. The number of methoxy groups -OCH3 is 1. The van der Waals surface area contributed by atoms with E-state index in [0.29, 0.717) is 19.3 Å². The highest BCUT2D eigenvalue weighted by molar-refractivity contribution is 6.00. The van der Waals surface area contributed by atoms with Crippen molar-refractivity contribution < 1.29 is 52.7 Å². The van der Waals surface area contributed by atoms with Crippen molar-refractivity contribution in [1.82, 2.24) is 10.2 Å². The van der Waals surface area contributed by atoms with Gasteiger partial charge in [-0.15, -0.1) is 0 Å². The molecular formula is C41H62N2O11. The monoisotopic (exact) mass is 758 g/mol. The van der Waals surface area contributed by atoms with Gasteiger partial charge in [0.25, 0.3) is 0 Å². The number of alkyl carbamates (subject to hydrolysis) is 1. The Morgan fingerprint density at radius 2 is 1.72 bits per heavy atom. The van der Waals surface area contributed by atoms with Gasteiger partial charge in [-0.25, -0.2) is 4.79 Å². The highest BCUT2D eigenvalue weighted by atomic mass is 16.7. The summed E-state index contributed by atoms with van der Waals surface area (Å²) < 4.78 is 36.8. The van der Waals surface area contributed by atoms with E-state index in [9.17, 15) is 24.3 Å². The number of ether oxygens (including phenoxy) is 6. The maximum absolute atomic E-state index is 14.3. The summed E-state index contributed by atoms with van der Waals surface area (Å²) in [5.74, 6) is -4.42. The number of hydrogen-bond donors (Lipinski definition) is 2. The smallest absolute Gasteiger partial charge is 0.408 e. The molecule has 0 saturated carbocycles. The molecule has 0 radical (unpaired) electrons. The summed E-state index contributed by atoms with van der Waals surface area (Å²) in [5, 5.41) is 14.4. The molecule has 0 spiro atoms. The van der Waals surface area contributed by atoms with Crippen molar-refractivity contribution in [3.63, 3.8) is 0 Å². The second-order valence-electron chi connectivity index (χ2n) is 16.0. The molecule has 1 aromatic rings. The summed E-state index contributed by atoms with van der Waals surface area (Å²) in [6.07, 6.45) is -1.79. The van der Waals surface area contributed by atoms with E-state index in [-0.39, 0.29) is 31.1 Å². The first-order valence-electron chi connectivity index (χ1n) is 19.2. The Morgan fingerprint density at radius 3 is 2.33 bits per heavy atom. The second-order valence-corrected chi connectivity index (χ2v) is 16.0. The summed E-state index contributed by atoms with van der Waals surface area (Å²) in [6, 6.07) is 8.38. The fourth-order valence-electron chi connectivity index (χ4n) is 8.66. The molecule has 0 bridgehead atoms. The van der Waals surface area contributed by atoms with E-state index in [2.05, 4.69) is 5.32 Å². The van der Waals surface area contributed by atoms with E-state index in [1.807, 2.05) is 90.0 Å². The molecule has 2 N–H and O–H groups in total. The van der Waals surface area contributed by atoms with Gasteiger partial charge in [-0.2, -0.15) is 0 Å². The van der Waals surface area contributed by atoms with Crippen LogP contribution in [0.1, 0.15) is 80.2 Å². The third kappa shape index (κ3) is 9.53. The minimum atomic E-state index is -1.30. The van der Waals surface area contributed by atoms with Crippen molar-refractivity contribution in [2.24, 2.45) is 23.7 Å². The van der Waals surface area contributed by atoms with Crippen molar-refractivity contribution in [3.05, 3.63) is 47.5 Å². The normalized spacial score (nSPS) is 38.9. The van der Waals surface area contributed by atoms with Crippen LogP contribution in [0.15, 0.2) is 42.0 Å². The molecule has 0 aromatic heterocycles. The Hall–Kier alpha value is -3.36. The number of nitrogens with zero attached hydrogens (tertiary/aromatic N) is 1. The number of likely N-dealkylation sites (N-methyl/N-ethyl adjacent to an activating group) is 1. The Balaban J connectivity index is 1.79. The molecule has 1 unspecified atom stereocenters. The zero-order chi connectivity index (χ0) is 40.1. The first kappa shape index (κ1) is 43.4. The first-order chi connectivity index (χ1) is 25.4. The number of nitrogens with one attached hydrogen (secondary N) is 1. The van der Waals surface area contributed by atoms with Crippen LogP contribution in [0.2, 0.25) is 0 Å². The Labute approximate surface area is 320 Å². The van der Waals surface area contributed by atoms with Gasteiger partial charge >= 0.3 is 18.0 Å². The van der Waals surface area contributed by atoms with Gasteiger partial charge in [0.15, 0.2) is 17.7 Å². The number of Topliss-reactive ketones (excluding diaryl/α,β-unsaturated/α-hetero) is 1. The van der Waals surface area contributed by atoms with Crippen molar-refractivity contribution in [3.8, 4) is 0 Å². The highest BCUT2D eigenvalue weighted by Crippen LogP contribution is 2.43. The third-order valence-electron chi connectivity index (χ3n) is 11.8. The predicted octanol–water partition coefficient (Wildman–Crippen LogP) is 4.62. The van der Waals surface area contributed by atoms with E-state index in [0.717, 1.165) is 11.1 Å². The van der Waals surface area contributed by atoms with Crippen LogP contribution in [-0.4, -0.2) is 116 Å². The predicted molar refractivity (Wildman–Crippen MR) is 200 cm³/mol. The quantitative estimate of drug-likeness (QED) is 0.156. The molecule has 3 saturated heterocycles. The van der Waals surface area contributed by atoms with Crippen molar-refractivity contribution in [2.45, 2.75) is 135 Å². The lowest BCUT2D eigenvalue weighted by Gasteiger charge is -2.47. The molecule has 3 aliphatic rings. The van der Waals surface area contributed by atoms with Crippen molar-refractivity contribution in [1.29, 1.82) is 0 Å². The number of hydrogen-bond acceptors (Lipinski definition) is 12. The van der Waals surface area contributed by atoms with Crippen LogP contribution < -0.4 is 5.32 Å². The van der Waals surface area contributed by atoms with Crippen molar-refractivity contribution >= 4 is 23.8 Å². The van der Waals surface area contributed by atoms with E-state index in [1.165, 1.54) is 14.0 Å². The number of rotatable bonds is 9. The van der Waals surface area contributed by atoms with Crippen LogP contribution in [0.5, 0.6) is 0 Å². The number of esters is 2. The lowest BCUT2D eigenvalue weighted by molar-refractivity contribution is -0.295. The lowest BCUT2D eigenvalue weighted by atomic mass is 9.71. The average Bonchev–Trinajstić information content (AvgIpc) is 3.44. The number of aliphatic hydroxyl groups is 1. The standard InChI is InChI=1S/C41H62N2O11/c1-12-31-41(8)35(42-39(48)54-41)25(4)29(18-19-50-32(44)21-28-16-14-13-15-17-28)23(2)22-40(7,49-11)36(26(5)33(45)27(6)37(47)52-31)53-38-34(46)30(43(9)10)20-24(3)51-38/h13-18,23-27,30-31,34-36,38,46H,12,19-22H2,1-11H3,(H,42,48)/b29-18+/t23-,24-,25+,26+,27-,30+,31-,34-,35+,36-,38?,40-,41-/m1/s1. The Bertz CT molecular complexity index is 1500. The zero-order valence-electron chi connectivity index (χ0n) is 33.8. The van der Waals surface area contributed by atoms with Crippen molar-refractivity contribution in [2.75, 3.05) is 27.8 Å². The summed E-state index contributed by atoms with van der Waals surface area (Å²) in [6.45, 7) is 14.4. The number of carbonyl (C=O) groups is 4. The van der Waals surface area contributed by atoms with Crippen LogP contribution in [0, 0.1) is 23.7 Å². The maximum Gasteiger partial charge on any atom is 0.408 e. The van der Waals surface area contributed by atoms with Crippen LogP contribution in [0.25, 0.3) is 0 Å². The van der Waals surface area contributed by atoms with Crippen LogP contribution in [0.4, 0.5) is 4.79 Å². The Kier molecular flexibility index (Phi) is 14.5. The molecule has 3 heterocycles. The van der Waals surface area contributed by atoms with E-state index in [4.69, 9.17) is 28.4 Å². The third-order valence-corrected chi connectivity index (χ3v) is 11.8. The summed E-state index contributed by atoms with van der Waals surface area (Å²) >= 11 is 0. The van der Waals surface area contributed by atoms with Gasteiger partial charge in [0.1, 0.15) is 24.7 Å². The van der Waals surface area contributed by atoms with Crippen LogP contribution >= 0.6 is 0 Å². The van der Waals surface area contributed by atoms with Gasteiger partial charge in [-0.1, -0.05) is 63.6 Å². The zero-order valence-corrected chi connectivity index (χ0v) is 33.8. The molecule has 54 heavy (non-hydrogen) atoms. The Morgan fingerprint density at radius 1 is 1.06 bits per heavy atom. The summed E-state index contributed by atoms with van der Waals surface area (Å²) in [7, 11) is 5.30. The molecule has 4 rings (SSSR count). The maximum atomic E-state index is 14.3. The van der Waals surface area contributed by atoms with Gasteiger partial charge in [0, 0.05) is 25.0 Å². The molecule has 13 heteroatoms. The van der Waals surface area contributed by atoms with Crippen LogP contribution in [-0.2, 0) is 49.2 Å². The first-order valence-corrected chi connectivity index (χ1v) is 19.2. The number of fused-ring (bicyclic) bond motifs is 1. The van der Waals surface area contributed by atoms with Crippen LogP contribution in [0.3, 0.4) is 0 Å². The van der Waals surface area contributed by atoms with E-state index in [1.54, 1.807) is 13.8 Å². The van der Waals surface area contributed by atoms with Gasteiger partial charge in [0.2, 0.25) is 0 Å². The van der Waals surface area contributed by atoms with Gasteiger partial charge in [-0.05, 0) is 78.6 Å².